The highest BCUT2D eigenvalue weighted by molar-refractivity contribution is 5.99. The largest absolute Gasteiger partial charge is 0.370 e. The number of amides is 1. The second-order valence-corrected chi connectivity index (χ2v) is 5.99. The van der Waals surface area contributed by atoms with Gasteiger partial charge in [-0.1, -0.05) is 20.8 Å². The van der Waals surface area contributed by atoms with Gasteiger partial charge in [-0.2, -0.15) is 0 Å². The van der Waals surface area contributed by atoms with Crippen molar-refractivity contribution in [2.24, 2.45) is 5.41 Å². The number of hydrogen-bond donors (Lipinski definition) is 2. The molecule has 114 valence electrons. The first-order valence-corrected chi connectivity index (χ1v) is 7.04. The lowest BCUT2D eigenvalue weighted by atomic mass is 10.1. The van der Waals surface area contributed by atoms with Crippen LogP contribution in [0.4, 0.5) is 11.5 Å². The van der Waals surface area contributed by atoms with E-state index in [0.717, 1.165) is 19.0 Å². The van der Waals surface area contributed by atoms with Gasteiger partial charge in [0.15, 0.2) is 0 Å². The van der Waals surface area contributed by atoms with E-state index in [2.05, 4.69) is 15.6 Å². The van der Waals surface area contributed by atoms with E-state index in [-0.39, 0.29) is 22.7 Å². The molecule has 0 saturated heterocycles. The van der Waals surface area contributed by atoms with Crippen molar-refractivity contribution in [3.05, 3.63) is 27.9 Å². The first kappa shape index (κ1) is 15.2. The van der Waals surface area contributed by atoms with E-state index in [1.165, 1.54) is 6.07 Å². The summed E-state index contributed by atoms with van der Waals surface area (Å²) >= 11 is 0. The Hall–Kier alpha value is -2.18. The molecule has 1 saturated carbocycles. The Morgan fingerprint density at radius 2 is 2.24 bits per heavy atom. The fourth-order valence-electron chi connectivity index (χ4n) is 2.07. The molecule has 1 aliphatic rings. The summed E-state index contributed by atoms with van der Waals surface area (Å²) in [6.07, 6.45) is 2.92. The summed E-state index contributed by atoms with van der Waals surface area (Å²) in [6.45, 7) is 6.79. The molecule has 0 radical (unpaired) electrons. The van der Waals surface area contributed by atoms with Crippen molar-refractivity contribution >= 4 is 17.4 Å². The van der Waals surface area contributed by atoms with Crippen molar-refractivity contribution in [2.45, 2.75) is 39.7 Å². The van der Waals surface area contributed by atoms with Crippen molar-refractivity contribution in [1.29, 1.82) is 0 Å². The van der Waals surface area contributed by atoms with Gasteiger partial charge in [0.05, 0.1) is 4.92 Å². The molecule has 1 aliphatic carbocycles. The minimum atomic E-state index is -0.580. The van der Waals surface area contributed by atoms with Crippen LogP contribution in [0.15, 0.2) is 12.3 Å². The van der Waals surface area contributed by atoms with Crippen LogP contribution in [0.1, 0.15) is 44.0 Å². The molecule has 1 fully saturated rings. The summed E-state index contributed by atoms with van der Waals surface area (Å²) < 4.78 is 0. The third-order valence-electron chi connectivity index (χ3n) is 3.70. The Labute approximate surface area is 123 Å². The molecule has 1 atom stereocenters. The van der Waals surface area contributed by atoms with Crippen LogP contribution in [0.5, 0.6) is 0 Å². The number of carbonyl (C=O) groups excluding carboxylic acids is 1. The number of nitrogens with zero attached hydrogens (tertiary/aromatic N) is 2. The highest BCUT2D eigenvalue weighted by Gasteiger charge is 2.47. The monoisotopic (exact) mass is 292 g/mol. The Morgan fingerprint density at radius 3 is 2.76 bits per heavy atom. The molecule has 1 amide bonds. The highest BCUT2D eigenvalue weighted by Crippen LogP contribution is 2.44. The predicted molar refractivity (Wildman–Crippen MR) is 79.3 cm³/mol. The van der Waals surface area contributed by atoms with Crippen molar-refractivity contribution in [1.82, 2.24) is 10.3 Å². The molecule has 1 unspecified atom stereocenters. The van der Waals surface area contributed by atoms with Crippen LogP contribution in [0.25, 0.3) is 0 Å². The second-order valence-electron chi connectivity index (χ2n) is 5.99. The molecule has 1 heterocycles. The van der Waals surface area contributed by atoms with Crippen LogP contribution in [0.3, 0.4) is 0 Å². The number of nitro groups is 1. The molecular weight excluding hydrogens is 272 g/mol. The molecule has 0 aliphatic heterocycles. The first-order valence-electron chi connectivity index (χ1n) is 7.04. The fraction of sp³-hybridized carbons (Fsp3) is 0.571. The van der Waals surface area contributed by atoms with Gasteiger partial charge in [-0.15, -0.1) is 0 Å². The number of nitrogens with one attached hydrogen (secondary N) is 2. The smallest absolute Gasteiger partial charge is 0.300 e. The average molecular weight is 292 g/mol. The maximum absolute atomic E-state index is 12.3. The fourth-order valence-corrected chi connectivity index (χ4v) is 2.07. The summed E-state index contributed by atoms with van der Waals surface area (Å²) in [5.74, 6) is 0.0573. The molecule has 1 aromatic heterocycles. The van der Waals surface area contributed by atoms with Gasteiger partial charge < -0.3 is 10.6 Å². The van der Waals surface area contributed by atoms with E-state index in [4.69, 9.17) is 0 Å². The number of rotatable bonds is 6. The van der Waals surface area contributed by atoms with Crippen LogP contribution in [0.2, 0.25) is 0 Å². The SMILES string of the molecule is CCCNc1cc(C(=O)NC2CC2(C)C)c([N+](=O)[O-])cn1. The number of hydrogen-bond acceptors (Lipinski definition) is 5. The average Bonchev–Trinajstić information content (AvgIpc) is 3.02. The minimum Gasteiger partial charge on any atom is -0.370 e. The number of aromatic nitrogens is 1. The quantitative estimate of drug-likeness (QED) is 0.619. The zero-order valence-electron chi connectivity index (χ0n) is 12.5. The summed E-state index contributed by atoms with van der Waals surface area (Å²) in [5, 5.41) is 16.9. The summed E-state index contributed by atoms with van der Waals surface area (Å²) in [7, 11) is 0. The van der Waals surface area contributed by atoms with Gasteiger partial charge >= 0.3 is 0 Å². The van der Waals surface area contributed by atoms with Crippen LogP contribution in [-0.2, 0) is 0 Å². The standard InChI is InChI=1S/C14H20N4O3/c1-4-5-15-12-6-9(10(8-16-12)18(20)21)13(19)17-11-7-14(11,2)3/h6,8,11H,4-5,7H2,1-3H3,(H,15,16)(H,17,19). The number of carbonyl (C=O) groups is 1. The Bertz CT molecular complexity index is 571. The lowest BCUT2D eigenvalue weighted by Gasteiger charge is -2.09. The van der Waals surface area contributed by atoms with Gasteiger partial charge in [0.25, 0.3) is 11.6 Å². The van der Waals surface area contributed by atoms with E-state index < -0.39 is 10.8 Å². The van der Waals surface area contributed by atoms with Gasteiger partial charge in [0.1, 0.15) is 17.6 Å². The van der Waals surface area contributed by atoms with Gasteiger partial charge in [0.2, 0.25) is 0 Å². The maximum Gasteiger partial charge on any atom is 0.300 e. The van der Waals surface area contributed by atoms with Crippen LogP contribution in [-0.4, -0.2) is 28.4 Å². The van der Waals surface area contributed by atoms with Crippen molar-refractivity contribution in [3.8, 4) is 0 Å². The number of pyridine rings is 1. The van der Waals surface area contributed by atoms with Crippen LogP contribution >= 0.6 is 0 Å². The highest BCUT2D eigenvalue weighted by atomic mass is 16.6. The first-order chi connectivity index (χ1) is 9.85. The zero-order valence-corrected chi connectivity index (χ0v) is 12.5. The second kappa shape index (κ2) is 5.67. The summed E-state index contributed by atoms with van der Waals surface area (Å²) in [4.78, 5) is 26.7. The lowest BCUT2D eigenvalue weighted by Crippen LogP contribution is -2.29. The van der Waals surface area contributed by atoms with Gasteiger partial charge in [-0.3, -0.25) is 14.9 Å². The Balaban J connectivity index is 2.21. The molecule has 7 heteroatoms. The molecule has 2 rings (SSSR count). The van der Waals surface area contributed by atoms with Crippen molar-refractivity contribution in [3.63, 3.8) is 0 Å². The molecule has 0 spiro atoms. The van der Waals surface area contributed by atoms with Crippen molar-refractivity contribution in [2.75, 3.05) is 11.9 Å². The molecule has 0 aromatic carbocycles. The third-order valence-corrected chi connectivity index (χ3v) is 3.70. The Kier molecular flexibility index (Phi) is 4.11. The van der Waals surface area contributed by atoms with E-state index in [1.807, 2.05) is 20.8 Å². The van der Waals surface area contributed by atoms with E-state index >= 15 is 0 Å². The normalized spacial score (nSPS) is 18.9. The van der Waals surface area contributed by atoms with Gasteiger partial charge in [-0.25, -0.2) is 4.98 Å². The molecule has 2 N–H and O–H groups in total. The van der Waals surface area contributed by atoms with Gasteiger partial charge in [-0.05, 0) is 18.3 Å². The summed E-state index contributed by atoms with van der Waals surface area (Å²) in [6, 6.07) is 1.52. The van der Waals surface area contributed by atoms with E-state index in [0.29, 0.717) is 12.4 Å². The van der Waals surface area contributed by atoms with Crippen LogP contribution < -0.4 is 10.6 Å². The lowest BCUT2D eigenvalue weighted by molar-refractivity contribution is -0.385. The molecule has 21 heavy (non-hydrogen) atoms. The van der Waals surface area contributed by atoms with E-state index in [1.54, 1.807) is 0 Å². The Morgan fingerprint density at radius 1 is 1.57 bits per heavy atom. The van der Waals surface area contributed by atoms with Gasteiger partial charge in [0, 0.05) is 18.7 Å². The third kappa shape index (κ3) is 3.48. The predicted octanol–water partition coefficient (Wildman–Crippen LogP) is 2.34. The minimum absolute atomic E-state index is 0.0521. The summed E-state index contributed by atoms with van der Waals surface area (Å²) in [5.41, 5.74) is -0.148. The number of anilines is 1. The topological polar surface area (TPSA) is 97.2 Å². The molecular formula is C14H20N4O3. The molecule has 1 aromatic rings. The molecule has 7 nitrogen and oxygen atoms in total. The van der Waals surface area contributed by atoms with Crippen LogP contribution in [0, 0.1) is 15.5 Å². The molecule has 0 bridgehead atoms. The maximum atomic E-state index is 12.3. The van der Waals surface area contributed by atoms with E-state index in [9.17, 15) is 14.9 Å². The zero-order chi connectivity index (χ0) is 15.6. The van der Waals surface area contributed by atoms with Crippen molar-refractivity contribution < 1.29 is 9.72 Å².